The van der Waals surface area contributed by atoms with Crippen molar-refractivity contribution in [2.75, 3.05) is 19.0 Å². The maximum absolute atomic E-state index is 12.4. The average molecular weight is 294 g/mol. The summed E-state index contributed by atoms with van der Waals surface area (Å²) in [6, 6.07) is 4.39. The van der Waals surface area contributed by atoms with Crippen molar-refractivity contribution < 1.29 is 14.8 Å². The predicted octanol–water partition coefficient (Wildman–Crippen LogP) is 0.723. The van der Waals surface area contributed by atoms with Gasteiger partial charge in [0.1, 0.15) is 11.3 Å². The van der Waals surface area contributed by atoms with Crippen LogP contribution in [0.25, 0.3) is 0 Å². The number of aliphatic hydroxyl groups excluding tert-OH is 1. The second kappa shape index (κ2) is 6.06. The van der Waals surface area contributed by atoms with Gasteiger partial charge < -0.3 is 15.4 Å². The fourth-order valence-corrected chi connectivity index (χ4v) is 2.55. The Morgan fingerprint density at radius 2 is 2.24 bits per heavy atom. The number of rotatable bonds is 5. The van der Waals surface area contributed by atoms with E-state index in [-0.39, 0.29) is 29.0 Å². The maximum atomic E-state index is 12.4. The summed E-state index contributed by atoms with van der Waals surface area (Å²) < 4.78 is 0. The highest BCUT2D eigenvalue weighted by atomic mass is 16.6. The van der Waals surface area contributed by atoms with Gasteiger partial charge in [-0.15, -0.1) is 0 Å². The average Bonchev–Trinajstić information content (AvgIpc) is 2.43. The van der Waals surface area contributed by atoms with Gasteiger partial charge in [-0.25, -0.2) is 0 Å². The summed E-state index contributed by atoms with van der Waals surface area (Å²) in [7, 11) is 1.60. The number of nitrogen functional groups attached to an aromatic ring is 1. The Bertz CT molecular complexity index is 557. The number of hydrogen-bond donors (Lipinski definition) is 3. The molecule has 21 heavy (non-hydrogen) atoms. The molecule has 114 valence electrons. The first kappa shape index (κ1) is 15.2. The monoisotopic (exact) mass is 294 g/mol. The Kier molecular flexibility index (Phi) is 4.39. The van der Waals surface area contributed by atoms with E-state index in [2.05, 4.69) is 5.43 Å². The summed E-state index contributed by atoms with van der Waals surface area (Å²) >= 11 is 0. The van der Waals surface area contributed by atoms with Crippen LogP contribution in [-0.4, -0.2) is 40.5 Å². The fourth-order valence-electron chi connectivity index (χ4n) is 2.55. The second-order valence-corrected chi connectivity index (χ2v) is 5.28. The van der Waals surface area contributed by atoms with Crippen molar-refractivity contribution in [2.24, 2.45) is 11.8 Å². The molecule has 0 saturated heterocycles. The highest BCUT2D eigenvalue weighted by molar-refractivity contribution is 6.00. The van der Waals surface area contributed by atoms with E-state index >= 15 is 0 Å². The van der Waals surface area contributed by atoms with Crippen molar-refractivity contribution in [2.45, 2.75) is 18.9 Å². The molecule has 8 nitrogen and oxygen atoms in total. The molecule has 0 atom stereocenters. The molecule has 4 N–H and O–H groups in total. The Balaban J connectivity index is 2.20. The number of hydrogen-bond acceptors (Lipinski definition) is 6. The standard InChI is InChI=1S/C13H18N4O4/c1-16(7-8-5-9(18)6-8)13(19)10-3-2-4-11(15-14)12(10)17(20)21/h2-4,8-9,15,18H,5-7,14H2,1H3. The van der Waals surface area contributed by atoms with Gasteiger partial charge in [0.2, 0.25) is 0 Å². The Morgan fingerprint density at radius 1 is 1.57 bits per heavy atom. The Labute approximate surface area is 121 Å². The summed E-state index contributed by atoms with van der Waals surface area (Å²) in [5.74, 6) is 5.06. The van der Waals surface area contributed by atoms with Crippen LogP contribution in [0.4, 0.5) is 11.4 Å². The van der Waals surface area contributed by atoms with Gasteiger partial charge >= 0.3 is 5.69 Å². The van der Waals surface area contributed by atoms with Gasteiger partial charge in [-0.2, -0.15) is 0 Å². The molecular formula is C13H18N4O4. The molecule has 0 spiro atoms. The molecule has 0 heterocycles. The van der Waals surface area contributed by atoms with E-state index in [1.54, 1.807) is 7.05 Å². The number of anilines is 1. The molecule has 1 fully saturated rings. The van der Waals surface area contributed by atoms with Crippen LogP contribution < -0.4 is 11.3 Å². The molecule has 0 unspecified atom stereocenters. The van der Waals surface area contributed by atoms with Crippen LogP contribution in [0.2, 0.25) is 0 Å². The van der Waals surface area contributed by atoms with Crippen molar-refractivity contribution >= 4 is 17.3 Å². The third-order valence-electron chi connectivity index (χ3n) is 3.69. The number of aliphatic hydroxyl groups is 1. The fraction of sp³-hybridized carbons (Fsp3) is 0.462. The smallest absolute Gasteiger partial charge is 0.306 e. The highest BCUT2D eigenvalue weighted by Crippen LogP contribution is 2.31. The van der Waals surface area contributed by atoms with Crippen LogP contribution in [0.3, 0.4) is 0 Å². The van der Waals surface area contributed by atoms with Gasteiger partial charge in [0.15, 0.2) is 0 Å². The van der Waals surface area contributed by atoms with E-state index in [0.29, 0.717) is 19.4 Å². The van der Waals surface area contributed by atoms with Crippen molar-refractivity contribution in [3.8, 4) is 0 Å². The summed E-state index contributed by atoms with van der Waals surface area (Å²) in [6.07, 6.45) is 1.02. The minimum atomic E-state index is -0.622. The normalized spacial score (nSPS) is 20.5. The maximum Gasteiger partial charge on any atom is 0.306 e. The zero-order valence-corrected chi connectivity index (χ0v) is 11.7. The number of para-hydroxylation sites is 1. The lowest BCUT2D eigenvalue weighted by molar-refractivity contribution is -0.384. The second-order valence-electron chi connectivity index (χ2n) is 5.28. The van der Waals surface area contributed by atoms with E-state index < -0.39 is 10.8 Å². The number of nitrogens with zero attached hydrogens (tertiary/aromatic N) is 2. The van der Waals surface area contributed by atoms with Crippen LogP contribution in [0, 0.1) is 16.0 Å². The highest BCUT2D eigenvalue weighted by Gasteiger charge is 2.31. The number of amides is 1. The number of nitro benzene ring substituents is 1. The van der Waals surface area contributed by atoms with Crippen LogP contribution >= 0.6 is 0 Å². The van der Waals surface area contributed by atoms with E-state index in [1.165, 1.54) is 23.1 Å². The zero-order chi connectivity index (χ0) is 15.6. The number of benzene rings is 1. The minimum absolute atomic E-state index is 0.00202. The summed E-state index contributed by atoms with van der Waals surface area (Å²) in [4.78, 5) is 24.4. The topological polar surface area (TPSA) is 122 Å². The zero-order valence-electron chi connectivity index (χ0n) is 11.7. The molecule has 1 amide bonds. The quantitative estimate of drug-likeness (QED) is 0.418. The van der Waals surface area contributed by atoms with Crippen LogP contribution in [0.1, 0.15) is 23.2 Å². The van der Waals surface area contributed by atoms with Crippen molar-refractivity contribution in [1.29, 1.82) is 0 Å². The number of carbonyl (C=O) groups excluding carboxylic acids is 1. The molecule has 1 aliphatic rings. The lowest BCUT2D eigenvalue weighted by Gasteiger charge is -2.34. The first-order valence-electron chi connectivity index (χ1n) is 6.61. The molecule has 1 saturated carbocycles. The Morgan fingerprint density at radius 3 is 2.76 bits per heavy atom. The molecular weight excluding hydrogens is 276 g/mol. The molecule has 0 radical (unpaired) electrons. The lowest BCUT2D eigenvalue weighted by atomic mass is 9.82. The van der Waals surface area contributed by atoms with Crippen molar-refractivity contribution in [3.63, 3.8) is 0 Å². The molecule has 8 heteroatoms. The summed E-state index contributed by atoms with van der Waals surface area (Å²) in [5, 5.41) is 20.4. The molecule has 0 aromatic heterocycles. The SMILES string of the molecule is CN(CC1CC(O)C1)C(=O)c1cccc(NN)c1[N+](=O)[O-]. The molecule has 0 bridgehead atoms. The van der Waals surface area contributed by atoms with Gasteiger partial charge in [-0.3, -0.25) is 20.8 Å². The lowest BCUT2D eigenvalue weighted by Crippen LogP contribution is -2.39. The van der Waals surface area contributed by atoms with Crippen molar-refractivity contribution in [1.82, 2.24) is 4.90 Å². The van der Waals surface area contributed by atoms with Gasteiger partial charge in [-0.05, 0) is 30.9 Å². The summed E-state index contributed by atoms with van der Waals surface area (Å²) in [6.45, 7) is 0.466. The van der Waals surface area contributed by atoms with E-state index in [4.69, 9.17) is 5.84 Å². The third-order valence-corrected chi connectivity index (χ3v) is 3.69. The first-order valence-corrected chi connectivity index (χ1v) is 6.61. The number of nitro groups is 1. The molecule has 2 rings (SSSR count). The van der Waals surface area contributed by atoms with Crippen LogP contribution in [0.15, 0.2) is 18.2 Å². The van der Waals surface area contributed by atoms with Crippen LogP contribution in [0.5, 0.6) is 0 Å². The van der Waals surface area contributed by atoms with Gasteiger partial charge in [0, 0.05) is 13.6 Å². The summed E-state index contributed by atoms with van der Waals surface area (Å²) in [5.41, 5.74) is 2.00. The molecule has 1 aromatic rings. The molecule has 1 aromatic carbocycles. The largest absolute Gasteiger partial charge is 0.393 e. The Hall–Kier alpha value is -2.19. The number of hydrazine groups is 1. The van der Waals surface area contributed by atoms with E-state index in [1.807, 2.05) is 0 Å². The third kappa shape index (κ3) is 3.11. The molecule has 1 aliphatic carbocycles. The van der Waals surface area contributed by atoms with Crippen molar-refractivity contribution in [3.05, 3.63) is 33.9 Å². The molecule has 0 aliphatic heterocycles. The predicted molar refractivity (Wildman–Crippen MR) is 76.6 cm³/mol. The number of carbonyl (C=O) groups is 1. The van der Waals surface area contributed by atoms with E-state index in [9.17, 15) is 20.0 Å². The van der Waals surface area contributed by atoms with Gasteiger partial charge in [0.25, 0.3) is 5.91 Å². The number of nitrogens with one attached hydrogen (secondary N) is 1. The van der Waals surface area contributed by atoms with Crippen LogP contribution in [-0.2, 0) is 0 Å². The van der Waals surface area contributed by atoms with Gasteiger partial charge in [0.05, 0.1) is 11.0 Å². The number of nitrogens with two attached hydrogens (primary N) is 1. The minimum Gasteiger partial charge on any atom is -0.393 e. The van der Waals surface area contributed by atoms with E-state index in [0.717, 1.165) is 0 Å². The van der Waals surface area contributed by atoms with Gasteiger partial charge in [-0.1, -0.05) is 6.07 Å². The first-order chi connectivity index (χ1) is 9.93.